The number of carbonyl (C=O) groups is 2. The van der Waals surface area contributed by atoms with Crippen molar-refractivity contribution in [2.75, 3.05) is 19.7 Å². The summed E-state index contributed by atoms with van der Waals surface area (Å²) in [6, 6.07) is 0. The number of carbonyl (C=O) groups excluding carboxylic acids is 2. The van der Waals surface area contributed by atoms with Gasteiger partial charge in [0.05, 0.1) is 12.9 Å². The van der Waals surface area contributed by atoms with E-state index in [1.165, 1.54) is 0 Å². The molecule has 1 aliphatic heterocycles. The van der Waals surface area contributed by atoms with Gasteiger partial charge in [-0.25, -0.2) is 9.59 Å². The average molecular weight is 241 g/mol. The molecule has 1 heterocycles. The van der Waals surface area contributed by atoms with Gasteiger partial charge in [0.25, 0.3) is 0 Å². The lowest BCUT2D eigenvalue weighted by molar-refractivity contribution is -0.137. The Bertz CT molecular complexity index is 320. The molecule has 94 valence electrons. The maximum absolute atomic E-state index is 11.2. The monoisotopic (exact) mass is 241 g/mol. The van der Waals surface area contributed by atoms with Crippen molar-refractivity contribution in [2.24, 2.45) is 5.92 Å². The molecule has 1 fully saturated rings. The van der Waals surface area contributed by atoms with Crippen LogP contribution in [0, 0.1) is 5.92 Å². The Morgan fingerprint density at radius 3 is 2.82 bits per heavy atom. The second-order valence-electron chi connectivity index (χ2n) is 3.52. The molecule has 0 aromatic heterocycles. The van der Waals surface area contributed by atoms with E-state index < -0.39 is 17.9 Å². The van der Waals surface area contributed by atoms with Crippen molar-refractivity contribution in [1.82, 2.24) is 5.32 Å². The van der Waals surface area contributed by atoms with E-state index in [2.05, 4.69) is 27.9 Å². The van der Waals surface area contributed by atoms with E-state index in [4.69, 9.17) is 4.74 Å². The highest BCUT2D eigenvalue weighted by Crippen LogP contribution is 2.09. The zero-order valence-corrected chi connectivity index (χ0v) is 9.44. The van der Waals surface area contributed by atoms with E-state index in [0.717, 1.165) is 25.8 Å². The van der Waals surface area contributed by atoms with Crippen LogP contribution in [0.5, 0.6) is 0 Å². The van der Waals surface area contributed by atoms with Crippen LogP contribution in [0.15, 0.2) is 25.2 Å². The minimum Gasteiger partial charge on any atom is -0.434 e. The number of ether oxygens (including phenoxy) is 3. The minimum absolute atomic E-state index is 0.260. The summed E-state index contributed by atoms with van der Waals surface area (Å²) in [5.74, 6) is -1.02. The number of rotatable bonds is 5. The Hall–Kier alpha value is -1.82. The Morgan fingerprint density at radius 1 is 1.47 bits per heavy atom. The van der Waals surface area contributed by atoms with Crippen molar-refractivity contribution in [3.05, 3.63) is 25.2 Å². The van der Waals surface area contributed by atoms with Gasteiger partial charge in [-0.15, -0.1) is 0 Å². The van der Waals surface area contributed by atoms with Gasteiger partial charge in [-0.05, 0) is 19.5 Å². The maximum atomic E-state index is 11.2. The van der Waals surface area contributed by atoms with Gasteiger partial charge in [0, 0.05) is 12.5 Å². The van der Waals surface area contributed by atoms with Gasteiger partial charge >= 0.3 is 12.1 Å². The first-order chi connectivity index (χ1) is 8.13. The van der Waals surface area contributed by atoms with Gasteiger partial charge in [0.2, 0.25) is 5.76 Å². The van der Waals surface area contributed by atoms with Crippen molar-refractivity contribution in [3.8, 4) is 0 Å². The lowest BCUT2D eigenvalue weighted by atomic mass is 10.1. The van der Waals surface area contributed by atoms with Crippen molar-refractivity contribution >= 4 is 12.1 Å². The van der Waals surface area contributed by atoms with Crippen LogP contribution in [0.4, 0.5) is 4.79 Å². The number of hydrogen-bond acceptors (Lipinski definition) is 6. The van der Waals surface area contributed by atoms with Gasteiger partial charge in [-0.2, -0.15) is 0 Å². The van der Waals surface area contributed by atoms with Crippen LogP contribution in [0.3, 0.4) is 0 Å². The van der Waals surface area contributed by atoms with Crippen molar-refractivity contribution in [2.45, 2.75) is 6.42 Å². The molecule has 1 rings (SSSR count). The molecule has 0 bridgehead atoms. The van der Waals surface area contributed by atoms with Crippen LogP contribution in [0.2, 0.25) is 0 Å². The van der Waals surface area contributed by atoms with Crippen LogP contribution in [0.1, 0.15) is 6.42 Å². The van der Waals surface area contributed by atoms with Crippen LogP contribution in [-0.2, 0) is 19.0 Å². The zero-order chi connectivity index (χ0) is 12.7. The second kappa shape index (κ2) is 6.70. The first-order valence-electron chi connectivity index (χ1n) is 5.19. The summed E-state index contributed by atoms with van der Waals surface area (Å²) in [5.41, 5.74) is 0. The van der Waals surface area contributed by atoms with Gasteiger partial charge in [-0.3, -0.25) is 0 Å². The lowest BCUT2D eigenvalue weighted by Gasteiger charge is -2.09. The third kappa shape index (κ3) is 4.69. The topological polar surface area (TPSA) is 73.9 Å². The summed E-state index contributed by atoms with van der Waals surface area (Å²) in [6.45, 7) is 8.41. The van der Waals surface area contributed by atoms with E-state index in [0.29, 0.717) is 0 Å². The van der Waals surface area contributed by atoms with Gasteiger partial charge < -0.3 is 19.5 Å². The van der Waals surface area contributed by atoms with E-state index in [1.807, 2.05) is 0 Å². The molecular weight excluding hydrogens is 226 g/mol. The summed E-state index contributed by atoms with van der Waals surface area (Å²) in [7, 11) is 0. The smallest absolute Gasteiger partial charge is 0.434 e. The van der Waals surface area contributed by atoms with Crippen molar-refractivity contribution < 1.29 is 23.8 Å². The Balaban J connectivity index is 2.21. The van der Waals surface area contributed by atoms with E-state index >= 15 is 0 Å². The number of hydrogen-bond donors (Lipinski definition) is 1. The molecule has 0 aromatic rings. The molecule has 1 N–H and O–H groups in total. The lowest BCUT2D eigenvalue weighted by Crippen LogP contribution is -2.18. The fraction of sp³-hybridized carbons (Fsp3) is 0.455. The zero-order valence-electron chi connectivity index (χ0n) is 9.44. The van der Waals surface area contributed by atoms with Crippen molar-refractivity contribution in [1.29, 1.82) is 0 Å². The molecule has 0 amide bonds. The summed E-state index contributed by atoms with van der Waals surface area (Å²) in [5, 5.41) is 3.14. The summed E-state index contributed by atoms with van der Waals surface area (Å²) in [4.78, 5) is 22.2. The SMILES string of the molecule is C=COC(=O)C(=C)OC(=O)OCC1CCNC1. The Labute approximate surface area is 99.2 Å². The normalized spacial score (nSPS) is 18.2. The molecule has 6 heteroatoms. The van der Waals surface area contributed by atoms with Crippen LogP contribution >= 0.6 is 0 Å². The second-order valence-corrected chi connectivity index (χ2v) is 3.52. The summed E-state index contributed by atoms with van der Waals surface area (Å²) in [6.07, 6.45) is 0.919. The predicted octanol–water partition coefficient (Wildman–Crippen LogP) is 0.949. The highest BCUT2D eigenvalue weighted by molar-refractivity contribution is 5.88. The third-order valence-electron chi connectivity index (χ3n) is 2.22. The highest BCUT2D eigenvalue weighted by Gasteiger charge is 2.19. The molecule has 0 aromatic carbocycles. The number of esters is 1. The molecule has 1 aliphatic rings. The molecule has 0 spiro atoms. The van der Waals surface area contributed by atoms with Crippen LogP contribution < -0.4 is 5.32 Å². The van der Waals surface area contributed by atoms with E-state index in [9.17, 15) is 9.59 Å². The van der Waals surface area contributed by atoms with E-state index in [-0.39, 0.29) is 12.5 Å². The first kappa shape index (κ1) is 13.2. The van der Waals surface area contributed by atoms with Gasteiger partial charge in [0.15, 0.2) is 0 Å². The molecule has 1 unspecified atom stereocenters. The third-order valence-corrected chi connectivity index (χ3v) is 2.22. The summed E-state index contributed by atoms with van der Waals surface area (Å²) < 4.78 is 13.7. The minimum atomic E-state index is -0.956. The Kier molecular flexibility index (Phi) is 5.22. The standard InChI is InChI=1S/C11H15NO5/c1-3-15-10(13)8(2)17-11(14)16-7-9-4-5-12-6-9/h3,9,12H,1-2,4-7H2. The fourth-order valence-corrected chi connectivity index (χ4v) is 1.36. The summed E-state index contributed by atoms with van der Waals surface area (Å²) >= 11 is 0. The molecule has 1 saturated heterocycles. The highest BCUT2D eigenvalue weighted by atomic mass is 16.7. The molecular formula is C11H15NO5. The average Bonchev–Trinajstić information content (AvgIpc) is 2.79. The largest absolute Gasteiger partial charge is 0.514 e. The number of nitrogens with one attached hydrogen (secondary N) is 1. The Morgan fingerprint density at radius 2 is 2.24 bits per heavy atom. The van der Waals surface area contributed by atoms with Gasteiger partial charge in [-0.1, -0.05) is 6.58 Å². The fourth-order valence-electron chi connectivity index (χ4n) is 1.36. The first-order valence-corrected chi connectivity index (χ1v) is 5.19. The molecule has 17 heavy (non-hydrogen) atoms. The van der Waals surface area contributed by atoms with Crippen LogP contribution in [-0.4, -0.2) is 31.8 Å². The van der Waals surface area contributed by atoms with E-state index in [1.54, 1.807) is 0 Å². The molecule has 6 nitrogen and oxygen atoms in total. The van der Waals surface area contributed by atoms with Gasteiger partial charge in [0.1, 0.15) is 0 Å². The molecule has 0 saturated carbocycles. The molecule has 0 aliphatic carbocycles. The molecule has 1 atom stereocenters. The predicted molar refractivity (Wildman–Crippen MR) is 58.8 cm³/mol. The quantitative estimate of drug-likeness (QED) is 0.439. The van der Waals surface area contributed by atoms with Crippen LogP contribution in [0.25, 0.3) is 0 Å². The van der Waals surface area contributed by atoms with Crippen molar-refractivity contribution in [3.63, 3.8) is 0 Å². The molecule has 0 radical (unpaired) electrons. The maximum Gasteiger partial charge on any atom is 0.514 e.